The Labute approximate surface area is 129 Å². The fourth-order valence-corrected chi connectivity index (χ4v) is 4.73. The van der Waals surface area contributed by atoms with Crippen LogP contribution in [-0.4, -0.2) is 40.0 Å². The minimum Gasteiger partial charge on any atom is -0.365 e. The lowest BCUT2D eigenvalue weighted by atomic mass is 10.2. The number of rotatable bonds is 3. The van der Waals surface area contributed by atoms with E-state index >= 15 is 0 Å². The first-order valence-electron chi connectivity index (χ1n) is 8.00. The minimum atomic E-state index is 0.533. The number of aryl methyl sites for hydroxylation is 1. The molecule has 2 fully saturated rings. The molecule has 1 atom stereocenters. The summed E-state index contributed by atoms with van der Waals surface area (Å²) in [6.07, 6.45) is 8.55. The Kier molecular flexibility index (Phi) is 3.55. The van der Waals surface area contributed by atoms with Gasteiger partial charge in [-0.05, 0) is 37.1 Å². The molecule has 0 radical (unpaired) electrons. The van der Waals surface area contributed by atoms with Crippen LogP contribution >= 0.6 is 11.3 Å². The van der Waals surface area contributed by atoms with Gasteiger partial charge in [0.15, 0.2) is 0 Å². The average Bonchev–Trinajstić information content (AvgIpc) is 3.20. The van der Waals surface area contributed by atoms with E-state index in [1.165, 1.54) is 55.5 Å². The number of anilines is 1. The predicted octanol–water partition coefficient (Wildman–Crippen LogP) is 3.43. The van der Waals surface area contributed by atoms with Gasteiger partial charge in [-0.1, -0.05) is 12.8 Å². The average molecular weight is 302 g/mol. The van der Waals surface area contributed by atoms with E-state index in [1.54, 1.807) is 17.7 Å². The van der Waals surface area contributed by atoms with Crippen LogP contribution in [0.2, 0.25) is 0 Å². The molecule has 5 heteroatoms. The first-order chi connectivity index (χ1) is 10.3. The number of aromatic nitrogens is 2. The fraction of sp³-hybridized carbons (Fsp3) is 0.625. The van der Waals surface area contributed by atoms with Crippen molar-refractivity contribution < 1.29 is 0 Å². The first kappa shape index (κ1) is 13.5. The maximum absolute atomic E-state index is 4.48. The van der Waals surface area contributed by atoms with Gasteiger partial charge in [-0.15, -0.1) is 11.3 Å². The van der Waals surface area contributed by atoms with Crippen LogP contribution in [0, 0.1) is 6.92 Å². The number of likely N-dealkylation sites (tertiary alicyclic amines) is 1. The summed E-state index contributed by atoms with van der Waals surface area (Å²) in [5.41, 5.74) is 2.35. The number of nitrogens with zero attached hydrogens (tertiary/aromatic N) is 3. The Morgan fingerprint density at radius 3 is 2.95 bits per heavy atom. The molecule has 1 saturated heterocycles. The van der Waals surface area contributed by atoms with Gasteiger partial charge in [-0.3, -0.25) is 4.90 Å². The van der Waals surface area contributed by atoms with Gasteiger partial charge in [0.25, 0.3) is 0 Å². The van der Waals surface area contributed by atoms with E-state index in [0.717, 1.165) is 17.4 Å². The lowest BCUT2D eigenvalue weighted by Crippen LogP contribution is -2.33. The Morgan fingerprint density at radius 1 is 1.24 bits per heavy atom. The Balaban J connectivity index is 1.48. The molecule has 2 aromatic rings. The standard InChI is InChI=1S/C16H22N4S/c1-11-9-21-15-14(11)17-10-18-16(15)19-12-6-7-20(8-12)13-4-2-3-5-13/h9-10,12-13H,2-8H2,1H3,(H,17,18,19). The molecule has 4 nitrogen and oxygen atoms in total. The zero-order chi connectivity index (χ0) is 14.2. The zero-order valence-electron chi connectivity index (χ0n) is 12.5. The second kappa shape index (κ2) is 5.54. The van der Waals surface area contributed by atoms with Crippen LogP contribution < -0.4 is 5.32 Å². The molecule has 0 spiro atoms. The third-order valence-electron chi connectivity index (χ3n) is 4.93. The molecule has 1 unspecified atom stereocenters. The number of hydrogen-bond donors (Lipinski definition) is 1. The lowest BCUT2D eigenvalue weighted by Gasteiger charge is -2.23. The summed E-state index contributed by atoms with van der Waals surface area (Å²) < 4.78 is 1.20. The maximum atomic E-state index is 4.48. The van der Waals surface area contributed by atoms with E-state index in [0.29, 0.717) is 6.04 Å². The molecule has 1 aliphatic carbocycles. The molecule has 1 saturated carbocycles. The van der Waals surface area contributed by atoms with Gasteiger partial charge in [-0.2, -0.15) is 0 Å². The van der Waals surface area contributed by atoms with Crippen molar-refractivity contribution in [3.8, 4) is 0 Å². The van der Waals surface area contributed by atoms with Gasteiger partial charge in [0.05, 0.1) is 10.2 Å². The summed E-state index contributed by atoms with van der Waals surface area (Å²) in [5, 5.41) is 5.84. The molecule has 2 aromatic heterocycles. The third kappa shape index (κ3) is 2.53. The van der Waals surface area contributed by atoms with Crippen LogP contribution in [0.15, 0.2) is 11.7 Å². The molecule has 4 rings (SSSR count). The molecule has 3 heterocycles. The quantitative estimate of drug-likeness (QED) is 0.943. The van der Waals surface area contributed by atoms with Gasteiger partial charge >= 0.3 is 0 Å². The Bertz CT molecular complexity index is 632. The number of thiophene rings is 1. The topological polar surface area (TPSA) is 41.0 Å². The van der Waals surface area contributed by atoms with Crippen LogP contribution in [0.3, 0.4) is 0 Å². The summed E-state index contributed by atoms with van der Waals surface area (Å²) in [4.78, 5) is 11.6. The predicted molar refractivity (Wildman–Crippen MR) is 88.0 cm³/mol. The number of fused-ring (bicyclic) bond motifs is 1. The van der Waals surface area contributed by atoms with Crippen molar-refractivity contribution in [2.75, 3.05) is 18.4 Å². The van der Waals surface area contributed by atoms with E-state index in [2.05, 4.69) is 32.5 Å². The van der Waals surface area contributed by atoms with Crippen molar-refractivity contribution in [2.45, 2.75) is 51.1 Å². The molecule has 0 aromatic carbocycles. The molecule has 21 heavy (non-hydrogen) atoms. The van der Waals surface area contributed by atoms with E-state index in [1.807, 2.05) is 0 Å². The normalized spacial score (nSPS) is 24.1. The molecule has 0 bridgehead atoms. The highest BCUT2D eigenvalue weighted by molar-refractivity contribution is 7.18. The highest BCUT2D eigenvalue weighted by Gasteiger charge is 2.30. The number of hydrogen-bond acceptors (Lipinski definition) is 5. The SMILES string of the molecule is Cc1csc2c(NC3CCN(C4CCCC4)C3)ncnc12. The van der Waals surface area contributed by atoms with E-state index < -0.39 is 0 Å². The van der Waals surface area contributed by atoms with Crippen molar-refractivity contribution in [3.05, 3.63) is 17.3 Å². The summed E-state index contributed by atoms with van der Waals surface area (Å²) in [6, 6.07) is 1.37. The molecule has 112 valence electrons. The van der Waals surface area contributed by atoms with Crippen molar-refractivity contribution in [1.29, 1.82) is 0 Å². The first-order valence-corrected chi connectivity index (χ1v) is 8.88. The molecule has 1 aliphatic heterocycles. The highest BCUT2D eigenvalue weighted by Crippen LogP contribution is 2.31. The molecular formula is C16H22N4S. The lowest BCUT2D eigenvalue weighted by molar-refractivity contribution is 0.245. The second-order valence-corrected chi connectivity index (χ2v) is 7.26. The van der Waals surface area contributed by atoms with Gasteiger partial charge in [-0.25, -0.2) is 9.97 Å². The zero-order valence-corrected chi connectivity index (χ0v) is 13.3. The van der Waals surface area contributed by atoms with E-state index in [4.69, 9.17) is 0 Å². The Morgan fingerprint density at radius 2 is 2.10 bits per heavy atom. The third-order valence-corrected chi connectivity index (χ3v) is 6.03. The van der Waals surface area contributed by atoms with Gasteiger partial charge in [0, 0.05) is 25.2 Å². The fourth-order valence-electron chi connectivity index (χ4n) is 3.77. The minimum absolute atomic E-state index is 0.533. The van der Waals surface area contributed by atoms with Crippen molar-refractivity contribution in [3.63, 3.8) is 0 Å². The summed E-state index contributed by atoms with van der Waals surface area (Å²) in [7, 11) is 0. The monoisotopic (exact) mass is 302 g/mol. The summed E-state index contributed by atoms with van der Waals surface area (Å²) >= 11 is 1.75. The van der Waals surface area contributed by atoms with Crippen LogP contribution in [-0.2, 0) is 0 Å². The highest BCUT2D eigenvalue weighted by atomic mass is 32.1. The molecule has 1 N–H and O–H groups in total. The smallest absolute Gasteiger partial charge is 0.147 e. The van der Waals surface area contributed by atoms with E-state index in [-0.39, 0.29) is 0 Å². The summed E-state index contributed by atoms with van der Waals surface area (Å²) in [5.74, 6) is 1.02. The van der Waals surface area contributed by atoms with Crippen molar-refractivity contribution >= 4 is 27.4 Å². The Hall–Kier alpha value is -1.20. The largest absolute Gasteiger partial charge is 0.365 e. The van der Waals surface area contributed by atoms with Crippen molar-refractivity contribution in [1.82, 2.24) is 14.9 Å². The van der Waals surface area contributed by atoms with Crippen LogP contribution in [0.5, 0.6) is 0 Å². The van der Waals surface area contributed by atoms with E-state index in [9.17, 15) is 0 Å². The van der Waals surface area contributed by atoms with Crippen LogP contribution in [0.4, 0.5) is 5.82 Å². The molecular weight excluding hydrogens is 280 g/mol. The summed E-state index contributed by atoms with van der Waals surface area (Å²) in [6.45, 7) is 4.52. The maximum Gasteiger partial charge on any atom is 0.147 e. The van der Waals surface area contributed by atoms with Crippen molar-refractivity contribution in [2.24, 2.45) is 0 Å². The molecule has 2 aliphatic rings. The number of nitrogens with one attached hydrogen (secondary N) is 1. The molecule has 0 amide bonds. The second-order valence-electron chi connectivity index (χ2n) is 6.38. The van der Waals surface area contributed by atoms with Crippen LogP contribution in [0.1, 0.15) is 37.7 Å². The van der Waals surface area contributed by atoms with Gasteiger partial charge < -0.3 is 5.32 Å². The van der Waals surface area contributed by atoms with Gasteiger partial charge in [0.1, 0.15) is 12.1 Å². The van der Waals surface area contributed by atoms with Gasteiger partial charge in [0.2, 0.25) is 0 Å². The van der Waals surface area contributed by atoms with Crippen LogP contribution in [0.25, 0.3) is 10.2 Å².